The molecule has 0 bridgehead atoms. The van der Waals surface area contributed by atoms with Crippen molar-refractivity contribution in [3.05, 3.63) is 75.9 Å². The summed E-state index contributed by atoms with van der Waals surface area (Å²) in [7, 11) is 3.05. The van der Waals surface area contributed by atoms with E-state index in [1.807, 2.05) is 24.3 Å². The Morgan fingerprint density at radius 2 is 1.80 bits per heavy atom. The number of nitrogens with zero attached hydrogens (tertiary/aromatic N) is 2. The zero-order chi connectivity index (χ0) is 25.1. The molecule has 1 aliphatic rings. The lowest BCUT2D eigenvalue weighted by Crippen LogP contribution is -2.42. The molecule has 8 nitrogen and oxygen atoms in total. The highest BCUT2D eigenvalue weighted by Gasteiger charge is 2.37. The van der Waals surface area contributed by atoms with Crippen LogP contribution in [0.2, 0.25) is 0 Å². The van der Waals surface area contributed by atoms with Gasteiger partial charge in [0.2, 0.25) is 5.91 Å². The molecule has 0 saturated carbocycles. The Balaban J connectivity index is 2.09. The number of hydrogen-bond acceptors (Lipinski definition) is 8. The Kier molecular flexibility index (Phi) is 6.85. The van der Waals surface area contributed by atoms with E-state index in [-0.39, 0.29) is 28.2 Å². The second-order valence-corrected chi connectivity index (χ2v) is 8.60. The van der Waals surface area contributed by atoms with Gasteiger partial charge in [0.1, 0.15) is 27.7 Å². The number of ether oxygens (including phenoxy) is 3. The van der Waals surface area contributed by atoms with Crippen molar-refractivity contribution in [1.82, 2.24) is 4.57 Å². The Labute approximate surface area is 206 Å². The zero-order valence-electron chi connectivity index (χ0n) is 19.4. The molecule has 1 aromatic heterocycles. The van der Waals surface area contributed by atoms with E-state index >= 15 is 0 Å². The van der Waals surface area contributed by atoms with Gasteiger partial charge in [-0.05, 0) is 25.1 Å². The summed E-state index contributed by atoms with van der Waals surface area (Å²) in [6, 6.07) is 16.3. The van der Waals surface area contributed by atoms with Gasteiger partial charge in [-0.1, -0.05) is 48.2 Å². The van der Waals surface area contributed by atoms with Crippen LogP contribution in [-0.4, -0.2) is 37.3 Å². The summed E-state index contributed by atoms with van der Waals surface area (Å²) >= 11 is 1.06. The summed E-state index contributed by atoms with van der Waals surface area (Å²) in [5, 5.41) is 9.70. The summed E-state index contributed by atoms with van der Waals surface area (Å²) in [6.07, 6.45) is 1.71. The molecule has 35 heavy (non-hydrogen) atoms. The number of aromatic nitrogens is 1. The molecule has 0 unspecified atom stereocenters. The first kappa shape index (κ1) is 24.0. The molecule has 0 radical (unpaired) electrons. The average molecular weight is 490 g/mol. The molecule has 178 valence electrons. The third-order valence-electron chi connectivity index (χ3n) is 5.57. The Hall–Kier alpha value is -4.16. The number of methoxy groups -OCH3 is 2. The van der Waals surface area contributed by atoms with Gasteiger partial charge < -0.3 is 19.9 Å². The van der Waals surface area contributed by atoms with Crippen molar-refractivity contribution in [1.29, 1.82) is 5.26 Å². The first-order valence-corrected chi connectivity index (χ1v) is 11.6. The molecule has 2 aromatic carbocycles. The lowest BCUT2D eigenvalue weighted by Gasteiger charge is -2.24. The average Bonchev–Trinajstić information content (AvgIpc) is 3.16. The van der Waals surface area contributed by atoms with Gasteiger partial charge in [0.25, 0.3) is 0 Å². The van der Waals surface area contributed by atoms with Gasteiger partial charge >= 0.3 is 5.97 Å². The number of nitrogen functional groups attached to an aromatic ring is 1. The van der Waals surface area contributed by atoms with Crippen LogP contribution in [0, 0.1) is 11.3 Å². The number of carbonyl (C=O) groups excluding carboxylic acids is 2. The molecule has 4 rings (SSSR count). The van der Waals surface area contributed by atoms with Gasteiger partial charge in [-0.2, -0.15) is 5.26 Å². The molecule has 1 aliphatic heterocycles. The smallest absolute Gasteiger partial charge is 0.346 e. The minimum absolute atomic E-state index is 0.0480. The van der Waals surface area contributed by atoms with Gasteiger partial charge in [-0.25, -0.2) is 4.79 Å². The molecule has 0 fully saturated rings. The highest BCUT2D eigenvalue weighted by Crippen LogP contribution is 2.42. The van der Waals surface area contributed by atoms with E-state index in [9.17, 15) is 14.9 Å². The third kappa shape index (κ3) is 4.13. The molecule has 1 atom stereocenters. The molecule has 3 aromatic rings. The normalized spacial score (nSPS) is 15.4. The number of nitriles is 1. The topological polar surface area (TPSA) is 117 Å². The fourth-order valence-corrected chi connectivity index (χ4v) is 5.24. The van der Waals surface area contributed by atoms with E-state index in [0.717, 1.165) is 11.8 Å². The third-order valence-corrected chi connectivity index (χ3v) is 6.86. The summed E-state index contributed by atoms with van der Waals surface area (Å²) in [5.41, 5.74) is 7.69. The highest BCUT2D eigenvalue weighted by molar-refractivity contribution is 8.10. The Morgan fingerprint density at radius 3 is 2.46 bits per heavy atom. The summed E-state index contributed by atoms with van der Waals surface area (Å²) in [6.45, 7) is 1.84. The van der Waals surface area contributed by atoms with E-state index in [2.05, 4.69) is 0 Å². The van der Waals surface area contributed by atoms with Crippen LogP contribution < -0.4 is 25.8 Å². The van der Waals surface area contributed by atoms with Crippen molar-refractivity contribution in [2.75, 3.05) is 26.6 Å². The lowest BCUT2D eigenvalue weighted by atomic mass is 10.1. The van der Waals surface area contributed by atoms with Crippen LogP contribution in [-0.2, 0) is 9.53 Å². The number of nitrogens with two attached hydrogens (primary N) is 1. The summed E-state index contributed by atoms with van der Waals surface area (Å²) in [4.78, 5) is 27.1. The van der Waals surface area contributed by atoms with Crippen LogP contribution >= 0.6 is 11.8 Å². The van der Waals surface area contributed by atoms with Crippen molar-refractivity contribution in [2.24, 2.45) is 0 Å². The molecule has 0 aliphatic carbocycles. The maximum Gasteiger partial charge on any atom is 0.346 e. The molecule has 0 saturated heterocycles. The van der Waals surface area contributed by atoms with Crippen LogP contribution in [0.1, 0.15) is 33.8 Å². The number of esters is 1. The van der Waals surface area contributed by atoms with Crippen molar-refractivity contribution >= 4 is 40.3 Å². The van der Waals surface area contributed by atoms with E-state index in [1.54, 1.807) is 50.4 Å². The first-order chi connectivity index (χ1) is 17.0. The van der Waals surface area contributed by atoms with Gasteiger partial charge in [0.05, 0.1) is 31.9 Å². The van der Waals surface area contributed by atoms with E-state index in [1.165, 1.54) is 11.7 Å². The zero-order valence-corrected chi connectivity index (χ0v) is 20.2. The fourth-order valence-electron chi connectivity index (χ4n) is 4.01. The number of rotatable bonds is 6. The predicted octanol–water partition coefficient (Wildman–Crippen LogP) is 2.59. The monoisotopic (exact) mass is 489 g/mol. The quantitative estimate of drug-likeness (QED) is 0.525. The van der Waals surface area contributed by atoms with Crippen LogP contribution in [0.25, 0.3) is 11.0 Å². The van der Waals surface area contributed by atoms with Gasteiger partial charge in [0.15, 0.2) is 5.69 Å². The maximum atomic E-state index is 13.8. The van der Waals surface area contributed by atoms with Gasteiger partial charge in [-0.15, -0.1) is 0 Å². The molecule has 0 amide bonds. The van der Waals surface area contributed by atoms with Crippen LogP contribution in [0.3, 0.4) is 0 Å². The largest absolute Gasteiger partial charge is 0.496 e. The number of carbonyl (C=O) groups is 2. The van der Waals surface area contributed by atoms with Crippen LogP contribution in [0.4, 0.5) is 5.69 Å². The Bertz CT molecular complexity index is 1490. The Morgan fingerprint density at radius 1 is 1.14 bits per heavy atom. The molecular formula is C26H23N3O5S. The van der Waals surface area contributed by atoms with E-state index in [4.69, 9.17) is 19.9 Å². The molecular weight excluding hydrogens is 466 g/mol. The number of hydrogen-bond donors (Lipinski definition) is 1. The second kappa shape index (κ2) is 9.99. The minimum Gasteiger partial charge on any atom is -0.496 e. The molecule has 9 heteroatoms. The minimum atomic E-state index is -0.851. The number of thioether (sulfide) groups is 1. The summed E-state index contributed by atoms with van der Waals surface area (Å²) < 4.78 is 17.4. The first-order valence-electron chi connectivity index (χ1n) is 10.8. The van der Waals surface area contributed by atoms with Gasteiger partial charge in [0, 0.05) is 16.3 Å². The van der Waals surface area contributed by atoms with Crippen LogP contribution in [0.15, 0.2) is 48.5 Å². The van der Waals surface area contributed by atoms with Crippen molar-refractivity contribution < 1.29 is 23.8 Å². The van der Waals surface area contributed by atoms with Crippen molar-refractivity contribution in [3.63, 3.8) is 0 Å². The second-order valence-electron chi connectivity index (χ2n) is 7.49. The number of benzene rings is 2. The predicted molar refractivity (Wildman–Crippen MR) is 133 cm³/mol. The van der Waals surface area contributed by atoms with E-state index < -0.39 is 17.1 Å². The SMILES string of the molecule is CCOC(=O)C1=c2/c(=C/c3ccccc3OC)c(N)c(C#N)n2C(=O)[C@H](c2ccccc2OC)S1. The standard InChI is InChI=1S/C26H23N3O5S/c1-4-34-26(31)24-22-17(13-15-9-5-7-11-19(15)32-2)21(28)18(14-27)29(22)25(30)23(35-24)16-10-6-8-12-20(16)33-3/h5-13,23H,4,28H2,1-3H3/b17-13+/t23-/m0/s1. The highest BCUT2D eigenvalue weighted by atomic mass is 32.2. The molecule has 2 heterocycles. The lowest BCUT2D eigenvalue weighted by molar-refractivity contribution is -0.135. The van der Waals surface area contributed by atoms with Crippen molar-refractivity contribution in [3.8, 4) is 17.6 Å². The van der Waals surface area contributed by atoms with Crippen molar-refractivity contribution in [2.45, 2.75) is 12.2 Å². The fraction of sp³-hybridized carbons (Fsp3) is 0.192. The van der Waals surface area contributed by atoms with Gasteiger partial charge in [-0.3, -0.25) is 9.36 Å². The van der Waals surface area contributed by atoms with Crippen LogP contribution in [0.5, 0.6) is 11.5 Å². The summed E-state index contributed by atoms with van der Waals surface area (Å²) in [5.74, 6) is 0.0440. The van der Waals surface area contributed by atoms with E-state index in [0.29, 0.717) is 27.8 Å². The maximum absolute atomic E-state index is 13.8. The number of anilines is 1. The number of para-hydroxylation sites is 2. The molecule has 0 spiro atoms. The molecule has 2 N–H and O–H groups in total. The number of fused-ring (bicyclic) bond motifs is 1.